The molecule has 1 aliphatic rings. The van der Waals surface area contributed by atoms with Crippen molar-refractivity contribution in [3.8, 4) is 0 Å². The van der Waals surface area contributed by atoms with Gasteiger partial charge in [-0.3, -0.25) is 9.69 Å². The van der Waals surface area contributed by atoms with Gasteiger partial charge in [0.15, 0.2) is 5.78 Å². The zero-order valence-electron chi connectivity index (χ0n) is 11.9. The Morgan fingerprint density at radius 1 is 1.37 bits per heavy atom. The average molecular weight is 263 g/mol. The van der Waals surface area contributed by atoms with Gasteiger partial charge in [-0.15, -0.1) is 0 Å². The van der Waals surface area contributed by atoms with Crippen molar-refractivity contribution in [2.45, 2.75) is 33.2 Å². The van der Waals surface area contributed by atoms with E-state index in [9.17, 15) is 9.18 Å². The van der Waals surface area contributed by atoms with E-state index in [0.29, 0.717) is 30.0 Å². The lowest BCUT2D eigenvalue weighted by molar-refractivity contribution is 0.0649. The van der Waals surface area contributed by atoms with Gasteiger partial charge in [0.25, 0.3) is 0 Å². The number of benzene rings is 1. The topological polar surface area (TPSA) is 20.3 Å². The average Bonchev–Trinajstić information content (AvgIpc) is 2.35. The molecule has 2 rings (SSSR count). The van der Waals surface area contributed by atoms with E-state index in [1.807, 2.05) is 0 Å². The molecule has 0 amide bonds. The van der Waals surface area contributed by atoms with Crippen LogP contribution in [-0.4, -0.2) is 29.8 Å². The summed E-state index contributed by atoms with van der Waals surface area (Å²) in [6, 6.07) is 6.38. The molecule has 1 fully saturated rings. The van der Waals surface area contributed by atoms with Crippen molar-refractivity contribution in [3.05, 3.63) is 35.6 Å². The van der Waals surface area contributed by atoms with Crippen LogP contribution in [0.15, 0.2) is 24.3 Å². The number of piperidine rings is 1. The van der Waals surface area contributed by atoms with Gasteiger partial charge in [0.05, 0.1) is 6.54 Å². The zero-order valence-corrected chi connectivity index (χ0v) is 11.9. The maximum absolute atomic E-state index is 13.1. The Kier molecular flexibility index (Phi) is 4.35. The number of ketones is 1. The first kappa shape index (κ1) is 14.2. The highest BCUT2D eigenvalue weighted by atomic mass is 19.1. The molecule has 1 aromatic rings. The normalized spacial score (nSPS) is 28.3. The van der Waals surface area contributed by atoms with Crippen molar-refractivity contribution < 1.29 is 9.18 Å². The lowest BCUT2D eigenvalue weighted by Gasteiger charge is -2.40. The summed E-state index contributed by atoms with van der Waals surface area (Å²) >= 11 is 0. The Balaban J connectivity index is 2.05. The lowest BCUT2D eigenvalue weighted by Crippen LogP contribution is -2.47. The van der Waals surface area contributed by atoms with Gasteiger partial charge < -0.3 is 0 Å². The van der Waals surface area contributed by atoms with E-state index in [0.717, 1.165) is 6.54 Å². The minimum Gasteiger partial charge on any atom is -0.293 e. The molecule has 0 radical (unpaired) electrons. The smallest absolute Gasteiger partial charge is 0.176 e. The number of halogens is 1. The van der Waals surface area contributed by atoms with Crippen LogP contribution < -0.4 is 0 Å². The van der Waals surface area contributed by atoms with Crippen LogP contribution in [0.3, 0.4) is 0 Å². The Morgan fingerprint density at radius 3 is 2.79 bits per heavy atom. The Hall–Kier alpha value is -1.22. The lowest BCUT2D eigenvalue weighted by atomic mass is 9.86. The minimum absolute atomic E-state index is 0.00708. The Labute approximate surface area is 114 Å². The van der Waals surface area contributed by atoms with E-state index in [-0.39, 0.29) is 11.6 Å². The maximum Gasteiger partial charge on any atom is 0.176 e. The van der Waals surface area contributed by atoms with Crippen LogP contribution in [0.5, 0.6) is 0 Å². The first-order chi connectivity index (χ1) is 8.97. The van der Waals surface area contributed by atoms with Gasteiger partial charge in [-0.1, -0.05) is 26.0 Å². The third-order valence-corrected chi connectivity index (χ3v) is 4.21. The van der Waals surface area contributed by atoms with E-state index < -0.39 is 0 Å². The highest BCUT2D eigenvalue weighted by Gasteiger charge is 2.29. The molecule has 19 heavy (non-hydrogen) atoms. The van der Waals surface area contributed by atoms with Crippen molar-refractivity contribution in [3.63, 3.8) is 0 Å². The maximum atomic E-state index is 13.1. The van der Waals surface area contributed by atoms with E-state index in [1.54, 1.807) is 12.1 Å². The van der Waals surface area contributed by atoms with Crippen molar-refractivity contribution in [2.24, 2.45) is 11.8 Å². The number of likely N-dealkylation sites (tertiary alicyclic amines) is 1. The van der Waals surface area contributed by atoms with Gasteiger partial charge in [0, 0.05) is 18.2 Å². The molecule has 3 unspecified atom stereocenters. The predicted octanol–water partition coefficient (Wildman–Crippen LogP) is 3.37. The second kappa shape index (κ2) is 5.83. The predicted molar refractivity (Wildman–Crippen MR) is 74.7 cm³/mol. The first-order valence-electron chi connectivity index (χ1n) is 7.00. The molecule has 1 aromatic carbocycles. The van der Waals surface area contributed by atoms with Gasteiger partial charge in [0.1, 0.15) is 5.82 Å². The van der Waals surface area contributed by atoms with E-state index in [4.69, 9.17) is 0 Å². The summed E-state index contributed by atoms with van der Waals surface area (Å²) in [5.41, 5.74) is 0.470. The van der Waals surface area contributed by atoms with Gasteiger partial charge >= 0.3 is 0 Å². The standard InChI is InChI=1S/C16H22FNO/c1-11-7-12(2)13(3)18(9-11)10-16(19)14-5-4-6-15(17)8-14/h4-6,8,11-13H,7,9-10H2,1-3H3. The summed E-state index contributed by atoms with van der Waals surface area (Å²) in [6.45, 7) is 7.98. The molecule has 3 atom stereocenters. The summed E-state index contributed by atoms with van der Waals surface area (Å²) in [7, 11) is 0. The first-order valence-corrected chi connectivity index (χ1v) is 7.00. The van der Waals surface area contributed by atoms with Gasteiger partial charge in [-0.25, -0.2) is 4.39 Å². The molecular formula is C16H22FNO. The van der Waals surface area contributed by atoms with Crippen molar-refractivity contribution >= 4 is 5.78 Å². The molecule has 0 N–H and O–H groups in total. The Bertz CT molecular complexity index is 460. The molecule has 1 saturated heterocycles. The van der Waals surface area contributed by atoms with Crippen LogP contribution in [0.25, 0.3) is 0 Å². The molecule has 3 heteroatoms. The molecule has 0 aromatic heterocycles. The van der Waals surface area contributed by atoms with Crippen molar-refractivity contribution in [2.75, 3.05) is 13.1 Å². The van der Waals surface area contributed by atoms with Gasteiger partial charge in [-0.05, 0) is 37.3 Å². The zero-order chi connectivity index (χ0) is 14.0. The summed E-state index contributed by atoms with van der Waals surface area (Å²) in [6.07, 6.45) is 1.21. The minimum atomic E-state index is -0.348. The van der Waals surface area contributed by atoms with Crippen LogP contribution in [0.2, 0.25) is 0 Å². The SMILES string of the molecule is CC1CC(C)C(C)N(CC(=O)c2cccc(F)c2)C1. The number of rotatable bonds is 3. The molecule has 1 aliphatic heterocycles. The quantitative estimate of drug-likeness (QED) is 0.779. The fourth-order valence-corrected chi connectivity index (χ4v) is 2.98. The second-order valence-corrected chi connectivity index (χ2v) is 5.92. The molecule has 104 valence electrons. The summed E-state index contributed by atoms with van der Waals surface area (Å²) < 4.78 is 13.1. The number of hydrogen-bond acceptors (Lipinski definition) is 2. The second-order valence-electron chi connectivity index (χ2n) is 5.92. The van der Waals surface area contributed by atoms with Crippen molar-refractivity contribution in [1.29, 1.82) is 0 Å². The van der Waals surface area contributed by atoms with E-state index in [2.05, 4.69) is 25.7 Å². The molecule has 1 heterocycles. The number of carbonyl (C=O) groups is 1. The van der Waals surface area contributed by atoms with Crippen LogP contribution in [0.4, 0.5) is 4.39 Å². The highest BCUT2D eigenvalue weighted by molar-refractivity contribution is 5.97. The summed E-state index contributed by atoms with van der Waals surface area (Å²) in [4.78, 5) is 14.4. The monoisotopic (exact) mass is 263 g/mol. The van der Waals surface area contributed by atoms with Crippen LogP contribution in [0, 0.1) is 17.7 Å². The molecule has 0 saturated carbocycles. The number of hydrogen-bond donors (Lipinski definition) is 0. The van der Waals surface area contributed by atoms with Crippen molar-refractivity contribution in [1.82, 2.24) is 4.90 Å². The molecule has 0 spiro atoms. The van der Waals surface area contributed by atoms with E-state index in [1.165, 1.54) is 18.6 Å². The van der Waals surface area contributed by atoms with Gasteiger partial charge in [-0.2, -0.15) is 0 Å². The third kappa shape index (κ3) is 3.41. The largest absolute Gasteiger partial charge is 0.293 e. The molecular weight excluding hydrogens is 241 g/mol. The van der Waals surface area contributed by atoms with Gasteiger partial charge in [0.2, 0.25) is 0 Å². The number of nitrogens with zero attached hydrogens (tertiary/aromatic N) is 1. The van der Waals surface area contributed by atoms with Crippen LogP contribution >= 0.6 is 0 Å². The van der Waals surface area contributed by atoms with E-state index >= 15 is 0 Å². The third-order valence-electron chi connectivity index (χ3n) is 4.21. The number of carbonyl (C=O) groups excluding carboxylic acids is 1. The van der Waals surface area contributed by atoms with Crippen LogP contribution in [-0.2, 0) is 0 Å². The fourth-order valence-electron chi connectivity index (χ4n) is 2.98. The van der Waals surface area contributed by atoms with Crippen LogP contribution in [0.1, 0.15) is 37.6 Å². The summed E-state index contributed by atoms with van der Waals surface area (Å²) in [5, 5.41) is 0. The molecule has 0 bridgehead atoms. The summed E-state index contributed by atoms with van der Waals surface area (Å²) in [5.74, 6) is 0.877. The fraction of sp³-hybridized carbons (Fsp3) is 0.562. The molecule has 0 aliphatic carbocycles. The number of Topliss-reactive ketones (excluding diaryl/α,β-unsaturated/α-hetero) is 1. The Morgan fingerprint density at radius 2 is 2.11 bits per heavy atom. The molecule has 2 nitrogen and oxygen atoms in total. The highest BCUT2D eigenvalue weighted by Crippen LogP contribution is 2.26.